The SMILES string of the molecule is O=C(COC(=O)CC1CCCC1)Nc1ccc2c(c1)OC(F)(F)O2. The number of halogens is 2. The van der Waals surface area contributed by atoms with Crippen molar-refractivity contribution < 1.29 is 32.6 Å². The third kappa shape index (κ3) is 4.12. The Morgan fingerprint density at radius 3 is 2.67 bits per heavy atom. The number of carbonyl (C=O) groups is 2. The molecule has 1 aliphatic heterocycles. The second-order valence-electron chi connectivity index (χ2n) is 5.89. The van der Waals surface area contributed by atoms with E-state index in [4.69, 9.17) is 4.74 Å². The Hall–Kier alpha value is -2.38. The van der Waals surface area contributed by atoms with Gasteiger partial charge in [0.15, 0.2) is 18.1 Å². The second kappa shape index (κ2) is 6.62. The average Bonchev–Trinajstić information content (AvgIpc) is 3.10. The van der Waals surface area contributed by atoms with Crippen molar-refractivity contribution in [3.8, 4) is 11.5 Å². The Balaban J connectivity index is 1.46. The number of benzene rings is 1. The molecule has 0 atom stereocenters. The molecule has 130 valence electrons. The van der Waals surface area contributed by atoms with E-state index in [0.29, 0.717) is 12.3 Å². The molecule has 1 fully saturated rings. The fraction of sp³-hybridized carbons (Fsp3) is 0.500. The maximum absolute atomic E-state index is 12.9. The van der Waals surface area contributed by atoms with Crippen LogP contribution in [0, 0.1) is 5.92 Å². The Morgan fingerprint density at radius 2 is 1.92 bits per heavy atom. The third-order valence-corrected chi connectivity index (χ3v) is 3.98. The van der Waals surface area contributed by atoms with Gasteiger partial charge in [-0.05, 0) is 30.9 Å². The van der Waals surface area contributed by atoms with Crippen molar-refractivity contribution in [1.29, 1.82) is 0 Å². The number of amides is 1. The van der Waals surface area contributed by atoms with Crippen LogP contribution in [-0.4, -0.2) is 24.8 Å². The molecule has 0 aromatic heterocycles. The van der Waals surface area contributed by atoms with Crippen LogP contribution in [-0.2, 0) is 14.3 Å². The van der Waals surface area contributed by atoms with Gasteiger partial charge in [-0.2, -0.15) is 0 Å². The Labute approximate surface area is 137 Å². The zero-order valence-electron chi connectivity index (χ0n) is 12.8. The maximum Gasteiger partial charge on any atom is 0.586 e. The van der Waals surface area contributed by atoms with E-state index in [-0.39, 0.29) is 17.2 Å². The van der Waals surface area contributed by atoms with Gasteiger partial charge < -0.3 is 19.5 Å². The van der Waals surface area contributed by atoms with Gasteiger partial charge in [0, 0.05) is 18.2 Å². The van der Waals surface area contributed by atoms with Crippen LogP contribution in [0.5, 0.6) is 11.5 Å². The van der Waals surface area contributed by atoms with Crippen LogP contribution in [0.25, 0.3) is 0 Å². The van der Waals surface area contributed by atoms with Gasteiger partial charge in [0.25, 0.3) is 5.91 Å². The van der Waals surface area contributed by atoms with Crippen molar-refractivity contribution in [2.24, 2.45) is 5.92 Å². The second-order valence-corrected chi connectivity index (χ2v) is 5.89. The van der Waals surface area contributed by atoms with E-state index in [9.17, 15) is 18.4 Å². The van der Waals surface area contributed by atoms with Crippen molar-refractivity contribution in [3.63, 3.8) is 0 Å². The average molecular weight is 341 g/mol. The van der Waals surface area contributed by atoms with Gasteiger partial charge in [-0.15, -0.1) is 8.78 Å². The number of rotatable bonds is 5. The van der Waals surface area contributed by atoms with Crippen LogP contribution in [0.15, 0.2) is 18.2 Å². The molecule has 3 rings (SSSR count). The summed E-state index contributed by atoms with van der Waals surface area (Å²) in [7, 11) is 0. The molecule has 1 aliphatic carbocycles. The number of hydrogen-bond acceptors (Lipinski definition) is 5. The Morgan fingerprint density at radius 1 is 1.21 bits per heavy atom. The normalized spacial score (nSPS) is 18.4. The van der Waals surface area contributed by atoms with Crippen molar-refractivity contribution in [2.75, 3.05) is 11.9 Å². The highest BCUT2D eigenvalue weighted by molar-refractivity contribution is 5.93. The summed E-state index contributed by atoms with van der Waals surface area (Å²) in [5.41, 5.74) is 0.242. The van der Waals surface area contributed by atoms with E-state index in [0.717, 1.165) is 25.7 Å². The molecule has 0 radical (unpaired) electrons. The van der Waals surface area contributed by atoms with Gasteiger partial charge in [-0.25, -0.2) is 0 Å². The zero-order chi connectivity index (χ0) is 17.2. The number of anilines is 1. The van der Waals surface area contributed by atoms with Gasteiger partial charge >= 0.3 is 12.3 Å². The number of esters is 1. The summed E-state index contributed by atoms with van der Waals surface area (Å²) < 4.78 is 39.3. The number of alkyl halides is 2. The monoisotopic (exact) mass is 341 g/mol. The summed E-state index contributed by atoms with van der Waals surface area (Å²) in [6.07, 6.45) is 0.905. The first-order chi connectivity index (χ1) is 11.4. The van der Waals surface area contributed by atoms with Gasteiger partial charge in [0.05, 0.1) is 0 Å². The molecule has 2 aliphatic rings. The number of carbonyl (C=O) groups excluding carboxylic acids is 2. The van der Waals surface area contributed by atoms with Gasteiger partial charge in [0.2, 0.25) is 0 Å². The van der Waals surface area contributed by atoms with E-state index in [1.54, 1.807) is 0 Å². The smallest absolute Gasteiger partial charge is 0.456 e. The summed E-state index contributed by atoms with van der Waals surface area (Å²) in [6.45, 7) is -0.420. The van der Waals surface area contributed by atoms with Crippen LogP contribution in [0.2, 0.25) is 0 Å². The number of hydrogen-bond donors (Lipinski definition) is 1. The molecular weight excluding hydrogens is 324 g/mol. The molecule has 0 saturated heterocycles. The molecular formula is C16H17F2NO5. The van der Waals surface area contributed by atoms with E-state index >= 15 is 0 Å². The third-order valence-electron chi connectivity index (χ3n) is 3.98. The van der Waals surface area contributed by atoms with Gasteiger partial charge in [0.1, 0.15) is 0 Å². The molecule has 8 heteroatoms. The van der Waals surface area contributed by atoms with Crippen LogP contribution in [0.4, 0.5) is 14.5 Å². The molecule has 0 spiro atoms. The summed E-state index contributed by atoms with van der Waals surface area (Å²) in [5, 5.41) is 2.45. The van der Waals surface area contributed by atoms with Crippen LogP contribution >= 0.6 is 0 Å². The van der Waals surface area contributed by atoms with Crippen LogP contribution < -0.4 is 14.8 Å². The largest absolute Gasteiger partial charge is 0.586 e. The minimum Gasteiger partial charge on any atom is -0.456 e. The number of ether oxygens (including phenoxy) is 3. The van der Waals surface area contributed by atoms with E-state index in [1.165, 1.54) is 18.2 Å². The van der Waals surface area contributed by atoms with Crippen molar-refractivity contribution in [3.05, 3.63) is 18.2 Å². The van der Waals surface area contributed by atoms with E-state index < -0.39 is 24.8 Å². The van der Waals surface area contributed by atoms with Crippen molar-refractivity contribution >= 4 is 17.6 Å². The summed E-state index contributed by atoms with van der Waals surface area (Å²) in [4.78, 5) is 23.4. The molecule has 1 aromatic carbocycles. The first-order valence-electron chi connectivity index (χ1n) is 7.77. The quantitative estimate of drug-likeness (QED) is 0.833. The lowest BCUT2D eigenvalue weighted by atomic mass is 10.1. The highest BCUT2D eigenvalue weighted by Gasteiger charge is 2.43. The van der Waals surface area contributed by atoms with Gasteiger partial charge in [-0.3, -0.25) is 9.59 Å². The molecule has 1 heterocycles. The molecule has 1 aromatic rings. The minimum absolute atomic E-state index is 0.110. The predicted molar refractivity (Wildman–Crippen MR) is 78.8 cm³/mol. The predicted octanol–water partition coefficient (Wildman–Crippen LogP) is 3.07. The lowest BCUT2D eigenvalue weighted by Crippen LogP contribution is -2.25. The highest BCUT2D eigenvalue weighted by atomic mass is 19.3. The Kier molecular flexibility index (Phi) is 4.55. The number of nitrogens with one attached hydrogen (secondary N) is 1. The highest BCUT2D eigenvalue weighted by Crippen LogP contribution is 2.42. The molecule has 1 saturated carbocycles. The summed E-state index contributed by atoms with van der Waals surface area (Å²) in [5.74, 6) is -0.893. The molecule has 0 unspecified atom stereocenters. The maximum atomic E-state index is 12.9. The molecule has 24 heavy (non-hydrogen) atoms. The van der Waals surface area contributed by atoms with Crippen molar-refractivity contribution in [1.82, 2.24) is 0 Å². The first-order valence-corrected chi connectivity index (χ1v) is 7.77. The fourth-order valence-corrected chi connectivity index (χ4v) is 2.88. The van der Waals surface area contributed by atoms with E-state index in [2.05, 4.69) is 14.8 Å². The lowest BCUT2D eigenvalue weighted by molar-refractivity contribution is -0.286. The molecule has 1 N–H and O–H groups in total. The topological polar surface area (TPSA) is 73.9 Å². The lowest BCUT2D eigenvalue weighted by Gasteiger charge is -2.09. The first kappa shape index (κ1) is 16.5. The fourth-order valence-electron chi connectivity index (χ4n) is 2.88. The van der Waals surface area contributed by atoms with Crippen molar-refractivity contribution in [2.45, 2.75) is 38.4 Å². The summed E-state index contributed by atoms with van der Waals surface area (Å²) >= 11 is 0. The standard InChI is InChI=1S/C16H17F2NO5/c17-16(18)23-12-6-5-11(8-13(12)24-16)19-14(20)9-22-15(21)7-10-3-1-2-4-10/h5-6,8,10H,1-4,7,9H2,(H,19,20). The molecule has 6 nitrogen and oxygen atoms in total. The summed E-state index contributed by atoms with van der Waals surface area (Å²) in [6, 6.07) is 3.87. The molecule has 1 amide bonds. The molecule has 0 bridgehead atoms. The van der Waals surface area contributed by atoms with Gasteiger partial charge in [-0.1, -0.05) is 12.8 Å². The van der Waals surface area contributed by atoms with E-state index in [1.807, 2.05) is 0 Å². The zero-order valence-corrected chi connectivity index (χ0v) is 12.8. The Bertz CT molecular complexity index is 643. The van der Waals surface area contributed by atoms with Crippen LogP contribution in [0.3, 0.4) is 0 Å². The minimum atomic E-state index is -3.71. The van der Waals surface area contributed by atoms with Crippen LogP contribution in [0.1, 0.15) is 32.1 Å². The number of fused-ring (bicyclic) bond motifs is 1.